The topological polar surface area (TPSA) is 44.5 Å². The zero-order chi connectivity index (χ0) is 13.7. The Morgan fingerprint density at radius 3 is 2.68 bits per heavy atom. The fourth-order valence-electron chi connectivity index (χ4n) is 2.27. The van der Waals surface area contributed by atoms with Gasteiger partial charge in [0.25, 0.3) is 6.01 Å². The molecule has 0 aromatic carbocycles. The lowest BCUT2D eigenvalue weighted by Gasteiger charge is -2.32. The summed E-state index contributed by atoms with van der Waals surface area (Å²) in [6.45, 7) is 13.8. The number of nitrogens with one attached hydrogen (secondary N) is 1. The van der Waals surface area contributed by atoms with Gasteiger partial charge in [-0.15, -0.1) is 0 Å². The smallest absolute Gasteiger partial charge is 0.297 e. The van der Waals surface area contributed by atoms with Gasteiger partial charge >= 0.3 is 0 Å². The maximum Gasteiger partial charge on any atom is 0.297 e. The maximum atomic E-state index is 5.59. The molecule has 5 nitrogen and oxygen atoms in total. The van der Waals surface area contributed by atoms with Crippen molar-refractivity contribution in [3.05, 3.63) is 12.0 Å². The molecule has 1 N–H and O–H groups in total. The van der Waals surface area contributed by atoms with Crippen LogP contribution in [-0.2, 0) is 6.54 Å². The minimum absolute atomic E-state index is 0.661. The standard InChI is InChI=1S/C14H26N4O/c1-4-17-5-7-18(8-6-17)14-16-13(11-19-14)10-15-9-12(2)3/h11-12,15H,4-10H2,1-3H3. The molecule has 108 valence electrons. The van der Waals surface area contributed by atoms with Crippen molar-refractivity contribution in [2.75, 3.05) is 44.2 Å². The quantitative estimate of drug-likeness (QED) is 0.846. The molecule has 0 amide bonds. The summed E-state index contributed by atoms with van der Waals surface area (Å²) in [7, 11) is 0. The first-order valence-corrected chi connectivity index (χ1v) is 7.31. The van der Waals surface area contributed by atoms with Crippen LogP contribution in [0.25, 0.3) is 0 Å². The first-order chi connectivity index (χ1) is 9.19. The molecule has 0 bridgehead atoms. The molecule has 0 saturated carbocycles. The zero-order valence-corrected chi connectivity index (χ0v) is 12.4. The molecular formula is C14H26N4O. The maximum absolute atomic E-state index is 5.59. The fraction of sp³-hybridized carbons (Fsp3) is 0.786. The monoisotopic (exact) mass is 266 g/mol. The van der Waals surface area contributed by atoms with E-state index in [1.807, 2.05) is 0 Å². The zero-order valence-electron chi connectivity index (χ0n) is 12.4. The van der Waals surface area contributed by atoms with Gasteiger partial charge in [-0.25, -0.2) is 0 Å². The summed E-state index contributed by atoms with van der Waals surface area (Å²) < 4.78 is 5.59. The van der Waals surface area contributed by atoms with Crippen LogP contribution < -0.4 is 10.2 Å². The van der Waals surface area contributed by atoms with E-state index in [9.17, 15) is 0 Å². The van der Waals surface area contributed by atoms with E-state index < -0.39 is 0 Å². The molecule has 2 rings (SSSR count). The molecule has 1 aromatic heterocycles. The van der Waals surface area contributed by atoms with Crippen molar-refractivity contribution in [1.82, 2.24) is 15.2 Å². The molecule has 1 aliphatic rings. The van der Waals surface area contributed by atoms with Crippen LogP contribution in [0.3, 0.4) is 0 Å². The van der Waals surface area contributed by atoms with Gasteiger partial charge in [-0.3, -0.25) is 0 Å². The molecule has 2 heterocycles. The van der Waals surface area contributed by atoms with Crippen molar-refractivity contribution < 1.29 is 4.42 Å². The highest BCUT2D eigenvalue weighted by Gasteiger charge is 2.19. The Balaban J connectivity index is 1.80. The predicted octanol–water partition coefficient (Wildman–Crippen LogP) is 1.56. The van der Waals surface area contributed by atoms with Crippen molar-refractivity contribution in [1.29, 1.82) is 0 Å². The molecule has 0 unspecified atom stereocenters. The van der Waals surface area contributed by atoms with Crippen molar-refractivity contribution >= 4 is 6.01 Å². The van der Waals surface area contributed by atoms with Gasteiger partial charge in [-0.2, -0.15) is 4.98 Å². The van der Waals surface area contributed by atoms with E-state index in [0.29, 0.717) is 5.92 Å². The third-order valence-electron chi connectivity index (χ3n) is 3.49. The van der Waals surface area contributed by atoms with E-state index in [0.717, 1.165) is 57.5 Å². The second-order valence-electron chi connectivity index (χ2n) is 5.57. The van der Waals surface area contributed by atoms with E-state index in [1.54, 1.807) is 6.26 Å². The summed E-state index contributed by atoms with van der Waals surface area (Å²) in [6, 6.07) is 0.775. The SMILES string of the molecule is CCN1CCN(c2nc(CNCC(C)C)co2)CC1. The number of rotatable bonds is 6. The number of nitrogens with zero attached hydrogens (tertiary/aromatic N) is 3. The van der Waals surface area contributed by atoms with Crippen molar-refractivity contribution in [3.8, 4) is 0 Å². The van der Waals surface area contributed by atoms with Gasteiger partial charge in [0.15, 0.2) is 0 Å². The van der Waals surface area contributed by atoms with Crippen LogP contribution in [0.2, 0.25) is 0 Å². The van der Waals surface area contributed by atoms with Gasteiger partial charge in [-0.1, -0.05) is 20.8 Å². The van der Waals surface area contributed by atoms with Crippen molar-refractivity contribution in [2.45, 2.75) is 27.3 Å². The highest BCUT2D eigenvalue weighted by Crippen LogP contribution is 2.15. The van der Waals surface area contributed by atoms with Crippen LogP contribution in [0.15, 0.2) is 10.7 Å². The number of aromatic nitrogens is 1. The third-order valence-corrected chi connectivity index (χ3v) is 3.49. The summed E-state index contributed by atoms with van der Waals surface area (Å²) >= 11 is 0. The first-order valence-electron chi connectivity index (χ1n) is 7.31. The fourth-order valence-corrected chi connectivity index (χ4v) is 2.27. The number of anilines is 1. The summed E-state index contributed by atoms with van der Waals surface area (Å²) in [6.07, 6.45) is 1.77. The van der Waals surface area contributed by atoms with Crippen molar-refractivity contribution in [3.63, 3.8) is 0 Å². The van der Waals surface area contributed by atoms with E-state index in [4.69, 9.17) is 4.42 Å². The van der Waals surface area contributed by atoms with Crippen LogP contribution in [0.5, 0.6) is 0 Å². The first kappa shape index (κ1) is 14.3. The molecule has 1 fully saturated rings. The molecule has 1 aliphatic heterocycles. The Labute approximate surface area is 116 Å². The minimum atomic E-state index is 0.661. The Morgan fingerprint density at radius 2 is 2.05 bits per heavy atom. The molecule has 0 aliphatic carbocycles. The number of likely N-dealkylation sites (N-methyl/N-ethyl adjacent to an activating group) is 1. The Kier molecular flexibility index (Phi) is 5.22. The van der Waals surface area contributed by atoms with Crippen LogP contribution >= 0.6 is 0 Å². The van der Waals surface area contributed by atoms with Crippen LogP contribution in [0.4, 0.5) is 6.01 Å². The van der Waals surface area contributed by atoms with E-state index in [-0.39, 0.29) is 0 Å². The van der Waals surface area contributed by atoms with E-state index in [2.05, 4.69) is 40.9 Å². The average Bonchev–Trinajstić information content (AvgIpc) is 2.87. The second kappa shape index (κ2) is 6.91. The molecule has 19 heavy (non-hydrogen) atoms. The largest absolute Gasteiger partial charge is 0.432 e. The highest BCUT2D eigenvalue weighted by atomic mass is 16.4. The van der Waals surface area contributed by atoms with Crippen molar-refractivity contribution in [2.24, 2.45) is 5.92 Å². The summed E-state index contributed by atoms with van der Waals surface area (Å²) in [5, 5.41) is 3.38. The summed E-state index contributed by atoms with van der Waals surface area (Å²) in [4.78, 5) is 9.24. The Bertz CT molecular complexity index is 369. The average molecular weight is 266 g/mol. The van der Waals surface area contributed by atoms with Gasteiger partial charge in [0.05, 0.1) is 5.69 Å². The van der Waals surface area contributed by atoms with Gasteiger partial charge in [0.1, 0.15) is 6.26 Å². The molecule has 5 heteroatoms. The van der Waals surface area contributed by atoms with E-state index >= 15 is 0 Å². The van der Waals surface area contributed by atoms with Gasteiger partial charge in [0.2, 0.25) is 0 Å². The number of hydrogen-bond donors (Lipinski definition) is 1. The number of hydrogen-bond acceptors (Lipinski definition) is 5. The lowest BCUT2D eigenvalue weighted by molar-refractivity contribution is 0.265. The molecule has 0 spiro atoms. The normalized spacial score (nSPS) is 17.4. The van der Waals surface area contributed by atoms with Crippen LogP contribution in [-0.4, -0.2) is 49.2 Å². The van der Waals surface area contributed by atoms with Crippen LogP contribution in [0.1, 0.15) is 26.5 Å². The third kappa shape index (κ3) is 4.21. The second-order valence-corrected chi connectivity index (χ2v) is 5.57. The Hall–Kier alpha value is -1.07. The van der Waals surface area contributed by atoms with Gasteiger partial charge in [-0.05, 0) is 19.0 Å². The van der Waals surface area contributed by atoms with Gasteiger partial charge in [0, 0.05) is 32.7 Å². The number of piperazine rings is 1. The molecule has 1 saturated heterocycles. The molecular weight excluding hydrogens is 240 g/mol. The lowest BCUT2D eigenvalue weighted by Crippen LogP contribution is -2.46. The summed E-state index contributed by atoms with van der Waals surface area (Å²) in [5.41, 5.74) is 0.994. The molecule has 0 radical (unpaired) electrons. The van der Waals surface area contributed by atoms with Gasteiger partial charge < -0.3 is 19.5 Å². The highest BCUT2D eigenvalue weighted by molar-refractivity contribution is 5.27. The molecule has 0 atom stereocenters. The van der Waals surface area contributed by atoms with E-state index in [1.165, 1.54) is 0 Å². The lowest BCUT2D eigenvalue weighted by atomic mass is 10.2. The Morgan fingerprint density at radius 1 is 1.32 bits per heavy atom. The predicted molar refractivity (Wildman–Crippen MR) is 77.4 cm³/mol. The van der Waals surface area contributed by atoms with Crippen LogP contribution in [0, 0.1) is 5.92 Å². The molecule has 1 aromatic rings. The summed E-state index contributed by atoms with van der Waals surface area (Å²) in [5.74, 6) is 0.661. The number of oxazole rings is 1. The minimum Gasteiger partial charge on any atom is -0.432 e.